The highest BCUT2D eigenvalue weighted by Crippen LogP contribution is 2.25. The summed E-state index contributed by atoms with van der Waals surface area (Å²) < 4.78 is 28.2. The minimum absolute atomic E-state index is 0.0934. The molecule has 0 radical (unpaired) electrons. The van der Waals surface area contributed by atoms with Crippen molar-refractivity contribution in [3.8, 4) is 0 Å². The Morgan fingerprint density at radius 3 is 2.68 bits per heavy atom. The summed E-state index contributed by atoms with van der Waals surface area (Å²) in [5.74, 6) is -0.576. The molecular weight excluding hydrogens is 364 g/mol. The molecular formula is C16H19ClN4O3S. The minimum atomic E-state index is -3.77. The zero-order chi connectivity index (χ0) is 18.0. The Labute approximate surface area is 151 Å². The number of imidazole rings is 1. The molecule has 1 atom stereocenters. The number of nitrogens with zero attached hydrogens (tertiary/aromatic N) is 3. The smallest absolute Gasteiger partial charge is 0.262 e. The third-order valence-corrected chi connectivity index (χ3v) is 6.29. The van der Waals surface area contributed by atoms with E-state index < -0.39 is 15.9 Å². The monoisotopic (exact) mass is 382 g/mol. The van der Waals surface area contributed by atoms with Crippen LogP contribution >= 0.6 is 11.6 Å². The molecule has 1 fully saturated rings. The molecule has 1 aromatic heterocycles. The maximum Gasteiger partial charge on any atom is 0.262 e. The van der Waals surface area contributed by atoms with Crippen LogP contribution in [-0.2, 0) is 21.9 Å². The summed E-state index contributed by atoms with van der Waals surface area (Å²) in [6, 6.07) is 9.12. The number of halogens is 1. The number of amides is 1. The van der Waals surface area contributed by atoms with E-state index in [0.717, 1.165) is 0 Å². The van der Waals surface area contributed by atoms with Gasteiger partial charge in [0.15, 0.2) is 5.03 Å². The van der Waals surface area contributed by atoms with Crippen LogP contribution in [0.5, 0.6) is 0 Å². The van der Waals surface area contributed by atoms with Gasteiger partial charge in [-0.2, -0.15) is 4.31 Å². The molecule has 7 nitrogen and oxygen atoms in total. The number of carbonyl (C=O) groups is 1. The molecule has 0 spiro atoms. The molecule has 3 rings (SSSR count). The van der Waals surface area contributed by atoms with Gasteiger partial charge in [0.25, 0.3) is 10.0 Å². The maximum atomic E-state index is 12.7. The Balaban J connectivity index is 1.73. The van der Waals surface area contributed by atoms with Crippen molar-refractivity contribution in [1.82, 2.24) is 13.9 Å². The number of benzene rings is 1. The Bertz CT molecular complexity index is 847. The van der Waals surface area contributed by atoms with Crippen LogP contribution in [0.4, 0.5) is 5.69 Å². The molecule has 1 aromatic carbocycles. The number of rotatable bonds is 4. The van der Waals surface area contributed by atoms with Gasteiger partial charge in [-0.15, -0.1) is 0 Å². The van der Waals surface area contributed by atoms with E-state index in [1.54, 1.807) is 19.2 Å². The first kappa shape index (κ1) is 17.9. The number of nitrogens with one attached hydrogen (secondary N) is 1. The lowest BCUT2D eigenvalue weighted by atomic mass is 9.99. The first-order chi connectivity index (χ1) is 11.9. The Morgan fingerprint density at radius 2 is 2.04 bits per heavy atom. The van der Waals surface area contributed by atoms with Crippen molar-refractivity contribution < 1.29 is 13.2 Å². The van der Waals surface area contributed by atoms with E-state index >= 15 is 0 Å². The average Bonchev–Trinajstić information content (AvgIpc) is 2.96. The van der Waals surface area contributed by atoms with Gasteiger partial charge in [0, 0.05) is 32.0 Å². The lowest BCUT2D eigenvalue weighted by Gasteiger charge is -2.30. The first-order valence-electron chi connectivity index (χ1n) is 7.93. The fraction of sp³-hybridized carbons (Fsp3) is 0.375. The second-order valence-electron chi connectivity index (χ2n) is 6.02. The normalized spacial score (nSPS) is 18.9. The Kier molecular flexibility index (Phi) is 5.12. The van der Waals surface area contributed by atoms with Gasteiger partial charge in [-0.1, -0.05) is 18.2 Å². The summed E-state index contributed by atoms with van der Waals surface area (Å²) in [6.07, 6.45) is 2.64. The molecule has 0 saturated carbocycles. The zero-order valence-electron chi connectivity index (χ0n) is 13.7. The highest BCUT2D eigenvalue weighted by atomic mass is 35.5. The Morgan fingerprint density at radius 1 is 1.32 bits per heavy atom. The molecule has 2 heterocycles. The number of para-hydroxylation sites is 1. The molecule has 25 heavy (non-hydrogen) atoms. The number of carbonyl (C=O) groups excluding carboxylic acids is 1. The van der Waals surface area contributed by atoms with E-state index in [1.165, 1.54) is 15.1 Å². The van der Waals surface area contributed by atoms with Gasteiger partial charge in [0.05, 0.1) is 5.92 Å². The van der Waals surface area contributed by atoms with Crippen LogP contribution < -0.4 is 5.32 Å². The standard InChI is InChI=1S/C16H19ClN4O3S/c1-20-11-14(19-16(20)17)25(23,24)21-9-5-6-12(10-21)15(22)18-13-7-3-2-4-8-13/h2-4,7-8,11-12H,5-6,9-10H2,1H3,(H,18,22)/t12-/m0/s1. The van der Waals surface area contributed by atoms with Crippen molar-refractivity contribution in [2.24, 2.45) is 13.0 Å². The van der Waals surface area contributed by atoms with Crippen LogP contribution in [0.15, 0.2) is 41.6 Å². The largest absolute Gasteiger partial charge is 0.326 e. The van der Waals surface area contributed by atoms with Gasteiger partial charge in [-0.3, -0.25) is 4.79 Å². The summed E-state index contributed by atoms with van der Waals surface area (Å²) in [5, 5.41) is 2.85. The second-order valence-corrected chi connectivity index (χ2v) is 8.24. The quantitative estimate of drug-likeness (QED) is 0.877. The van der Waals surface area contributed by atoms with Gasteiger partial charge in [0.1, 0.15) is 0 Å². The van der Waals surface area contributed by atoms with Crippen LogP contribution in [-0.4, -0.2) is 41.3 Å². The number of hydrogen-bond acceptors (Lipinski definition) is 4. The van der Waals surface area contributed by atoms with Crippen LogP contribution in [0.3, 0.4) is 0 Å². The fourth-order valence-electron chi connectivity index (χ4n) is 2.81. The zero-order valence-corrected chi connectivity index (χ0v) is 15.3. The highest BCUT2D eigenvalue weighted by molar-refractivity contribution is 7.89. The van der Waals surface area contributed by atoms with E-state index in [0.29, 0.717) is 25.1 Å². The molecule has 0 bridgehead atoms. The highest BCUT2D eigenvalue weighted by Gasteiger charge is 2.34. The lowest BCUT2D eigenvalue weighted by molar-refractivity contribution is -0.120. The van der Waals surface area contributed by atoms with Crippen molar-refractivity contribution >= 4 is 33.2 Å². The molecule has 2 aromatic rings. The van der Waals surface area contributed by atoms with Crippen LogP contribution in [0, 0.1) is 5.92 Å². The minimum Gasteiger partial charge on any atom is -0.326 e. The molecule has 1 amide bonds. The molecule has 0 unspecified atom stereocenters. The van der Waals surface area contributed by atoms with E-state index in [2.05, 4.69) is 10.3 Å². The summed E-state index contributed by atoms with van der Waals surface area (Å²) in [7, 11) is -2.14. The molecule has 0 aliphatic carbocycles. The van der Waals surface area contributed by atoms with Crippen molar-refractivity contribution in [3.05, 3.63) is 41.8 Å². The van der Waals surface area contributed by atoms with Crippen LogP contribution in [0.2, 0.25) is 5.28 Å². The van der Waals surface area contributed by atoms with Gasteiger partial charge in [-0.25, -0.2) is 13.4 Å². The summed E-state index contributed by atoms with van der Waals surface area (Å²) in [4.78, 5) is 16.4. The molecule has 1 saturated heterocycles. The number of sulfonamides is 1. The number of hydrogen-bond donors (Lipinski definition) is 1. The lowest BCUT2D eigenvalue weighted by Crippen LogP contribution is -2.43. The topological polar surface area (TPSA) is 84.3 Å². The molecule has 134 valence electrons. The predicted octanol–water partition coefficient (Wildman–Crippen LogP) is 2.11. The molecule has 1 aliphatic rings. The number of piperidine rings is 1. The Hall–Kier alpha value is -1.90. The third-order valence-electron chi connectivity index (χ3n) is 4.20. The van der Waals surface area contributed by atoms with Crippen molar-refractivity contribution in [1.29, 1.82) is 0 Å². The van der Waals surface area contributed by atoms with E-state index in [1.807, 2.05) is 18.2 Å². The number of aryl methyl sites for hydroxylation is 1. The SMILES string of the molecule is Cn1cc(S(=O)(=O)N2CCC[C@H](C(=O)Nc3ccccc3)C2)nc1Cl. The van der Waals surface area contributed by atoms with Gasteiger partial charge >= 0.3 is 0 Å². The summed E-state index contributed by atoms with van der Waals surface area (Å²) in [6.45, 7) is 0.501. The van der Waals surface area contributed by atoms with Gasteiger partial charge in [-0.05, 0) is 36.6 Å². The molecule has 1 aliphatic heterocycles. The van der Waals surface area contributed by atoms with Crippen molar-refractivity contribution in [3.63, 3.8) is 0 Å². The van der Waals surface area contributed by atoms with E-state index in [9.17, 15) is 13.2 Å². The second kappa shape index (κ2) is 7.15. The number of aromatic nitrogens is 2. The van der Waals surface area contributed by atoms with Crippen LogP contribution in [0.1, 0.15) is 12.8 Å². The fourth-order valence-corrected chi connectivity index (χ4v) is 4.51. The van der Waals surface area contributed by atoms with E-state index in [-0.39, 0.29) is 22.8 Å². The van der Waals surface area contributed by atoms with Gasteiger partial charge in [0.2, 0.25) is 11.2 Å². The maximum absolute atomic E-state index is 12.7. The van der Waals surface area contributed by atoms with Crippen LogP contribution in [0.25, 0.3) is 0 Å². The number of anilines is 1. The third kappa shape index (κ3) is 3.86. The van der Waals surface area contributed by atoms with Gasteiger partial charge < -0.3 is 9.88 Å². The van der Waals surface area contributed by atoms with Crippen molar-refractivity contribution in [2.75, 3.05) is 18.4 Å². The average molecular weight is 383 g/mol. The van der Waals surface area contributed by atoms with Crippen molar-refractivity contribution in [2.45, 2.75) is 17.9 Å². The molecule has 9 heteroatoms. The summed E-state index contributed by atoms with van der Waals surface area (Å²) in [5.41, 5.74) is 0.698. The van der Waals surface area contributed by atoms with E-state index in [4.69, 9.17) is 11.6 Å². The predicted molar refractivity (Wildman–Crippen MR) is 94.8 cm³/mol. The molecule has 1 N–H and O–H groups in total. The summed E-state index contributed by atoms with van der Waals surface area (Å²) >= 11 is 5.85. The first-order valence-corrected chi connectivity index (χ1v) is 9.74.